The third-order valence-corrected chi connectivity index (χ3v) is 7.29. The van der Waals surface area contributed by atoms with E-state index in [1.807, 2.05) is 0 Å². The molecule has 27 heavy (non-hydrogen) atoms. The second kappa shape index (κ2) is 7.01. The van der Waals surface area contributed by atoms with Gasteiger partial charge in [-0.3, -0.25) is 4.99 Å². The number of fused-ring (bicyclic) bond motifs is 2. The number of benzene rings is 1. The second-order valence-corrected chi connectivity index (χ2v) is 8.69. The van der Waals surface area contributed by atoms with Crippen molar-refractivity contribution in [2.75, 3.05) is 31.1 Å². The van der Waals surface area contributed by atoms with Crippen LogP contribution in [0.3, 0.4) is 0 Å². The fourth-order valence-electron chi connectivity index (χ4n) is 5.84. The van der Waals surface area contributed by atoms with Crippen LogP contribution in [0.25, 0.3) is 0 Å². The predicted octanol–water partition coefficient (Wildman–Crippen LogP) is 2.78. The topological polar surface area (TPSA) is 48.9 Å². The van der Waals surface area contributed by atoms with Gasteiger partial charge in [0.2, 0.25) is 0 Å². The van der Waals surface area contributed by atoms with Crippen LogP contribution in [-0.2, 0) is 4.74 Å². The molecule has 4 unspecified atom stereocenters. The fourth-order valence-corrected chi connectivity index (χ4v) is 5.84. The van der Waals surface area contributed by atoms with Crippen LogP contribution >= 0.6 is 0 Å². The van der Waals surface area contributed by atoms with Gasteiger partial charge in [-0.15, -0.1) is 0 Å². The van der Waals surface area contributed by atoms with Gasteiger partial charge in [0.1, 0.15) is 0 Å². The highest BCUT2D eigenvalue weighted by Crippen LogP contribution is 2.62. The summed E-state index contributed by atoms with van der Waals surface area (Å²) in [7, 11) is 0. The van der Waals surface area contributed by atoms with Crippen molar-refractivity contribution in [2.24, 2.45) is 16.3 Å². The van der Waals surface area contributed by atoms with Crippen LogP contribution < -0.4 is 15.5 Å². The van der Waals surface area contributed by atoms with Crippen molar-refractivity contribution in [1.82, 2.24) is 10.6 Å². The summed E-state index contributed by atoms with van der Waals surface area (Å²) < 4.78 is 6.07. The van der Waals surface area contributed by atoms with E-state index < -0.39 is 0 Å². The number of para-hydroxylation sites is 1. The first kappa shape index (κ1) is 17.4. The van der Waals surface area contributed by atoms with Crippen LogP contribution in [0.15, 0.2) is 35.3 Å². The van der Waals surface area contributed by atoms with E-state index in [0.717, 1.165) is 38.6 Å². The van der Waals surface area contributed by atoms with E-state index in [-0.39, 0.29) is 0 Å². The molecule has 0 bridgehead atoms. The highest BCUT2D eigenvalue weighted by Gasteiger charge is 2.66. The summed E-state index contributed by atoms with van der Waals surface area (Å²) in [6.07, 6.45) is 6.85. The Bertz CT molecular complexity index is 687. The Kier molecular flexibility index (Phi) is 4.50. The predicted molar refractivity (Wildman–Crippen MR) is 109 cm³/mol. The molecule has 2 aliphatic carbocycles. The molecule has 1 aromatic carbocycles. The molecule has 2 aliphatic heterocycles. The van der Waals surface area contributed by atoms with Gasteiger partial charge in [0, 0.05) is 55.3 Å². The van der Waals surface area contributed by atoms with Crippen molar-refractivity contribution in [1.29, 1.82) is 0 Å². The van der Waals surface area contributed by atoms with Crippen LogP contribution in [0.5, 0.6) is 0 Å². The summed E-state index contributed by atoms with van der Waals surface area (Å²) in [5.41, 5.74) is 1.71. The smallest absolute Gasteiger partial charge is 0.191 e. The number of rotatable bonds is 4. The number of aliphatic imine (C=N–C) groups is 1. The molecule has 146 valence electrons. The Morgan fingerprint density at radius 1 is 1.22 bits per heavy atom. The zero-order valence-corrected chi connectivity index (χ0v) is 16.4. The monoisotopic (exact) mass is 368 g/mol. The quantitative estimate of drug-likeness (QED) is 0.634. The summed E-state index contributed by atoms with van der Waals surface area (Å²) in [5, 5.41) is 7.58. The summed E-state index contributed by atoms with van der Waals surface area (Å²) in [5.74, 6) is 1.69. The van der Waals surface area contributed by atoms with Gasteiger partial charge in [0.15, 0.2) is 5.96 Å². The maximum atomic E-state index is 6.07. The third kappa shape index (κ3) is 2.91. The van der Waals surface area contributed by atoms with E-state index in [1.54, 1.807) is 0 Å². The second-order valence-electron chi connectivity index (χ2n) is 8.69. The van der Waals surface area contributed by atoms with Crippen molar-refractivity contribution >= 4 is 11.6 Å². The number of hydrogen-bond acceptors (Lipinski definition) is 3. The van der Waals surface area contributed by atoms with Crippen LogP contribution in [0.4, 0.5) is 5.69 Å². The summed E-state index contributed by atoms with van der Waals surface area (Å²) in [4.78, 5) is 7.25. The van der Waals surface area contributed by atoms with Crippen LogP contribution in [-0.4, -0.2) is 50.4 Å². The van der Waals surface area contributed by atoms with Crippen molar-refractivity contribution < 1.29 is 4.74 Å². The van der Waals surface area contributed by atoms with E-state index in [2.05, 4.69) is 52.8 Å². The van der Waals surface area contributed by atoms with Gasteiger partial charge >= 0.3 is 0 Å². The minimum Gasteiger partial charge on any atom is -0.377 e. The molecule has 2 N–H and O–H groups in total. The Morgan fingerprint density at radius 3 is 2.81 bits per heavy atom. The van der Waals surface area contributed by atoms with Crippen LogP contribution in [0, 0.1) is 11.3 Å². The van der Waals surface area contributed by atoms with E-state index >= 15 is 0 Å². The lowest BCUT2D eigenvalue weighted by atomic mass is 9.46. The molecular weight excluding hydrogens is 336 g/mol. The maximum Gasteiger partial charge on any atom is 0.191 e. The molecule has 5 rings (SSSR count). The summed E-state index contributed by atoms with van der Waals surface area (Å²) in [6, 6.07) is 11.7. The number of nitrogens with zero attached hydrogens (tertiary/aromatic N) is 2. The lowest BCUT2D eigenvalue weighted by Gasteiger charge is -2.63. The highest BCUT2D eigenvalue weighted by atomic mass is 16.5. The molecule has 1 aromatic rings. The lowest BCUT2D eigenvalue weighted by molar-refractivity contribution is -0.171. The summed E-state index contributed by atoms with van der Waals surface area (Å²) >= 11 is 0. The van der Waals surface area contributed by atoms with Gasteiger partial charge in [-0.05, 0) is 44.7 Å². The molecular formula is C22H32N4O. The molecule has 5 heteroatoms. The first-order valence-electron chi connectivity index (χ1n) is 10.8. The molecule has 4 aliphatic rings. The minimum absolute atomic E-state index is 0.392. The summed E-state index contributed by atoms with van der Waals surface area (Å²) in [6.45, 7) is 6.02. The molecule has 0 aromatic heterocycles. The number of hydrogen-bond donors (Lipinski definition) is 2. The van der Waals surface area contributed by atoms with Crippen molar-refractivity contribution in [2.45, 2.75) is 57.2 Å². The van der Waals surface area contributed by atoms with E-state index in [0.29, 0.717) is 29.5 Å². The van der Waals surface area contributed by atoms with Gasteiger partial charge in [-0.25, -0.2) is 0 Å². The van der Waals surface area contributed by atoms with E-state index in [1.165, 1.54) is 31.4 Å². The van der Waals surface area contributed by atoms with Gasteiger partial charge in [0.05, 0.1) is 6.10 Å². The van der Waals surface area contributed by atoms with Gasteiger partial charge < -0.3 is 20.3 Å². The molecule has 4 atom stereocenters. The normalized spacial score (nSPS) is 34.1. The molecule has 4 fully saturated rings. The molecule has 0 amide bonds. The van der Waals surface area contributed by atoms with Crippen LogP contribution in [0.1, 0.15) is 39.0 Å². The standard InChI is InChI=1S/C22H32N4O/c1-2-23-21(24-16-9-13-26(15-16)17-7-4-3-5-8-17)25-19-18-10-14-27-20(18)22(19)11-6-12-22/h3-5,7-8,16,18-20H,2,6,9-15H2,1H3,(H2,23,24,25). The van der Waals surface area contributed by atoms with Crippen LogP contribution in [0.2, 0.25) is 0 Å². The Morgan fingerprint density at radius 2 is 2.07 bits per heavy atom. The average molecular weight is 369 g/mol. The SMILES string of the molecule is CCN=C(NC1CCN(c2ccccc2)C1)NC1C2CCOC2C12CCC2. The number of anilines is 1. The Balaban J connectivity index is 1.23. The van der Waals surface area contributed by atoms with E-state index in [9.17, 15) is 0 Å². The molecule has 5 nitrogen and oxygen atoms in total. The molecule has 2 heterocycles. The fraction of sp³-hybridized carbons (Fsp3) is 0.682. The number of ether oxygens (including phenoxy) is 1. The molecule has 1 spiro atoms. The molecule has 0 radical (unpaired) electrons. The number of guanidine groups is 1. The molecule has 2 saturated carbocycles. The largest absolute Gasteiger partial charge is 0.377 e. The van der Waals surface area contributed by atoms with Crippen molar-refractivity contribution in [3.8, 4) is 0 Å². The van der Waals surface area contributed by atoms with Gasteiger partial charge in [-0.2, -0.15) is 0 Å². The average Bonchev–Trinajstić information content (AvgIpc) is 3.27. The highest BCUT2D eigenvalue weighted by molar-refractivity contribution is 5.81. The minimum atomic E-state index is 0.392. The van der Waals surface area contributed by atoms with Gasteiger partial charge in [-0.1, -0.05) is 24.6 Å². The van der Waals surface area contributed by atoms with Crippen molar-refractivity contribution in [3.05, 3.63) is 30.3 Å². The maximum absolute atomic E-state index is 6.07. The Labute approximate surface area is 162 Å². The van der Waals surface area contributed by atoms with Gasteiger partial charge in [0.25, 0.3) is 0 Å². The Hall–Kier alpha value is -1.75. The molecule has 2 saturated heterocycles. The first-order chi connectivity index (χ1) is 13.3. The van der Waals surface area contributed by atoms with Crippen molar-refractivity contribution in [3.63, 3.8) is 0 Å². The lowest BCUT2D eigenvalue weighted by Crippen LogP contribution is -2.72. The zero-order valence-electron chi connectivity index (χ0n) is 16.4. The third-order valence-electron chi connectivity index (χ3n) is 7.29. The first-order valence-corrected chi connectivity index (χ1v) is 10.8. The number of nitrogens with one attached hydrogen (secondary N) is 2. The zero-order chi connectivity index (χ0) is 18.3. The van der Waals surface area contributed by atoms with E-state index in [4.69, 9.17) is 9.73 Å².